The van der Waals surface area contributed by atoms with Crippen LogP contribution in [0.4, 0.5) is 0 Å². The van der Waals surface area contributed by atoms with Crippen LogP contribution in [0.5, 0.6) is 0 Å². The number of nitriles is 1. The highest BCUT2D eigenvalue weighted by molar-refractivity contribution is 9.10. The van der Waals surface area contributed by atoms with Crippen molar-refractivity contribution in [2.24, 2.45) is 10.7 Å². The monoisotopic (exact) mass is 421 g/mol. The number of aliphatic imine (C=N–C) groups is 1. The summed E-state index contributed by atoms with van der Waals surface area (Å²) in [5.41, 5.74) is 8.05. The number of rotatable bonds is 6. The zero-order valence-corrected chi connectivity index (χ0v) is 16.4. The SMILES string of the molecule is N#CN=C(Cc1ccc2cnccc2c1)N(CCN)Cc1ccc(Br)cc1. The first-order valence-corrected chi connectivity index (χ1v) is 9.46. The Kier molecular flexibility index (Phi) is 6.53. The van der Waals surface area contributed by atoms with E-state index in [1.54, 1.807) is 6.20 Å². The Labute approximate surface area is 167 Å². The van der Waals surface area contributed by atoms with Crippen molar-refractivity contribution in [3.8, 4) is 6.19 Å². The van der Waals surface area contributed by atoms with Gasteiger partial charge in [0, 0.05) is 48.3 Å². The summed E-state index contributed by atoms with van der Waals surface area (Å²) in [7, 11) is 0. The molecule has 2 aromatic carbocycles. The largest absolute Gasteiger partial charge is 0.353 e. The predicted octanol–water partition coefficient (Wildman–Crippen LogP) is 3.88. The molecule has 136 valence electrons. The molecule has 0 atom stereocenters. The summed E-state index contributed by atoms with van der Waals surface area (Å²) >= 11 is 3.46. The van der Waals surface area contributed by atoms with E-state index >= 15 is 0 Å². The van der Waals surface area contributed by atoms with Crippen LogP contribution in [0, 0.1) is 11.5 Å². The molecule has 0 spiro atoms. The third-order valence-electron chi connectivity index (χ3n) is 4.30. The molecule has 0 bridgehead atoms. The van der Waals surface area contributed by atoms with Gasteiger partial charge in [-0.1, -0.05) is 46.3 Å². The van der Waals surface area contributed by atoms with E-state index in [4.69, 9.17) is 5.73 Å². The van der Waals surface area contributed by atoms with Gasteiger partial charge < -0.3 is 10.6 Å². The van der Waals surface area contributed by atoms with E-state index in [1.807, 2.05) is 36.7 Å². The van der Waals surface area contributed by atoms with Crippen LogP contribution in [-0.2, 0) is 13.0 Å². The van der Waals surface area contributed by atoms with Crippen molar-refractivity contribution in [1.29, 1.82) is 5.26 Å². The number of aromatic nitrogens is 1. The van der Waals surface area contributed by atoms with Crippen LogP contribution in [0.2, 0.25) is 0 Å². The van der Waals surface area contributed by atoms with Crippen molar-refractivity contribution < 1.29 is 0 Å². The number of hydrogen-bond donors (Lipinski definition) is 1. The molecule has 0 saturated heterocycles. The highest BCUT2D eigenvalue weighted by atomic mass is 79.9. The molecule has 6 heteroatoms. The molecule has 5 nitrogen and oxygen atoms in total. The Hall–Kier alpha value is -2.75. The fourth-order valence-corrected chi connectivity index (χ4v) is 3.23. The van der Waals surface area contributed by atoms with Crippen LogP contribution in [0.3, 0.4) is 0 Å². The van der Waals surface area contributed by atoms with Crippen LogP contribution < -0.4 is 5.73 Å². The van der Waals surface area contributed by atoms with Gasteiger partial charge in [0.1, 0.15) is 5.84 Å². The Bertz CT molecular complexity index is 976. The van der Waals surface area contributed by atoms with Crippen molar-refractivity contribution in [3.05, 3.63) is 76.5 Å². The number of halogens is 1. The molecule has 1 aromatic heterocycles. The molecule has 0 amide bonds. The van der Waals surface area contributed by atoms with Crippen LogP contribution >= 0.6 is 15.9 Å². The number of pyridine rings is 1. The maximum absolute atomic E-state index is 9.20. The summed E-state index contributed by atoms with van der Waals surface area (Å²) in [5.74, 6) is 0.722. The highest BCUT2D eigenvalue weighted by Crippen LogP contribution is 2.17. The minimum Gasteiger partial charge on any atom is -0.353 e. The third-order valence-corrected chi connectivity index (χ3v) is 4.83. The molecular weight excluding hydrogens is 402 g/mol. The second-order valence-electron chi connectivity index (χ2n) is 6.20. The van der Waals surface area contributed by atoms with Crippen molar-refractivity contribution in [2.45, 2.75) is 13.0 Å². The first-order chi connectivity index (χ1) is 13.2. The second kappa shape index (κ2) is 9.26. The first kappa shape index (κ1) is 19.0. The number of fused-ring (bicyclic) bond motifs is 1. The Balaban J connectivity index is 1.85. The van der Waals surface area contributed by atoms with Gasteiger partial charge in [0.25, 0.3) is 0 Å². The molecule has 0 fully saturated rings. The summed E-state index contributed by atoms with van der Waals surface area (Å²) in [6.07, 6.45) is 6.15. The smallest absolute Gasteiger partial charge is 0.207 e. The highest BCUT2D eigenvalue weighted by Gasteiger charge is 2.13. The molecule has 27 heavy (non-hydrogen) atoms. The van der Waals surface area contributed by atoms with E-state index in [-0.39, 0.29) is 0 Å². The minimum absolute atomic E-state index is 0.490. The molecule has 3 aromatic rings. The standard InChI is InChI=1S/C21H20BrN5/c22-20-5-2-16(3-6-20)14-27(10-8-23)21(26-15-24)12-17-1-4-19-13-25-9-7-18(19)11-17/h1-7,9,11,13H,8,10,12,14,23H2. The van der Waals surface area contributed by atoms with Crippen LogP contribution in [0.25, 0.3) is 10.8 Å². The average Bonchev–Trinajstić information content (AvgIpc) is 2.69. The topological polar surface area (TPSA) is 78.3 Å². The molecule has 0 aliphatic rings. The zero-order chi connectivity index (χ0) is 19.1. The quantitative estimate of drug-likeness (QED) is 0.372. The maximum atomic E-state index is 9.20. The molecule has 0 saturated carbocycles. The fourth-order valence-electron chi connectivity index (χ4n) is 2.97. The third kappa shape index (κ3) is 5.13. The van der Waals surface area contributed by atoms with Gasteiger partial charge in [-0.05, 0) is 34.7 Å². The van der Waals surface area contributed by atoms with Crippen molar-refractivity contribution in [3.63, 3.8) is 0 Å². The lowest BCUT2D eigenvalue weighted by atomic mass is 10.1. The van der Waals surface area contributed by atoms with Gasteiger partial charge in [-0.3, -0.25) is 4.98 Å². The van der Waals surface area contributed by atoms with Crippen LogP contribution in [0.15, 0.2) is 70.4 Å². The van der Waals surface area contributed by atoms with E-state index in [1.165, 1.54) is 0 Å². The molecule has 0 radical (unpaired) electrons. The Morgan fingerprint density at radius 3 is 2.63 bits per heavy atom. The molecular formula is C21H20BrN5. The van der Waals surface area contributed by atoms with Crippen molar-refractivity contribution in [2.75, 3.05) is 13.1 Å². The van der Waals surface area contributed by atoms with Gasteiger partial charge in [-0.15, -0.1) is 0 Å². The number of amidine groups is 1. The van der Waals surface area contributed by atoms with Crippen molar-refractivity contribution in [1.82, 2.24) is 9.88 Å². The summed E-state index contributed by atoms with van der Waals surface area (Å²) < 4.78 is 1.04. The lowest BCUT2D eigenvalue weighted by Gasteiger charge is -2.25. The van der Waals surface area contributed by atoms with Gasteiger partial charge in [0.2, 0.25) is 6.19 Å². The maximum Gasteiger partial charge on any atom is 0.207 e. The molecule has 0 aliphatic carbocycles. The number of nitrogens with zero attached hydrogens (tertiary/aromatic N) is 4. The summed E-state index contributed by atoms with van der Waals surface area (Å²) in [4.78, 5) is 10.3. The molecule has 3 rings (SSSR count). The van der Waals surface area contributed by atoms with Gasteiger partial charge >= 0.3 is 0 Å². The lowest BCUT2D eigenvalue weighted by molar-refractivity contribution is 0.416. The van der Waals surface area contributed by atoms with Gasteiger partial charge in [-0.25, -0.2) is 0 Å². The molecule has 1 heterocycles. The predicted molar refractivity (Wildman–Crippen MR) is 112 cm³/mol. The van der Waals surface area contributed by atoms with Gasteiger partial charge in [0.05, 0.1) is 0 Å². The molecule has 0 aliphatic heterocycles. The number of benzene rings is 2. The lowest BCUT2D eigenvalue weighted by Crippen LogP contribution is -2.36. The minimum atomic E-state index is 0.490. The second-order valence-corrected chi connectivity index (χ2v) is 7.11. The van der Waals surface area contributed by atoms with Crippen molar-refractivity contribution >= 4 is 32.5 Å². The molecule has 0 unspecified atom stereocenters. The number of hydrogen-bond acceptors (Lipinski definition) is 4. The summed E-state index contributed by atoms with van der Waals surface area (Å²) in [6.45, 7) is 1.78. The Morgan fingerprint density at radius 2 is 1.89 bits per heavy atom. The Morgan fingerprint density at radius 1 is 1.11 bits per heavy atom. The van der Waals surface area contributed by atoms with E-state index in [2.05, 4.69) is 55.1 Å². The summed E-state index contributed by atoms with van der Waals surface area (Å²) in [6, 6.07) is 16.3. The van der Waals surface area contributed by atoms with E-state index in [0.29, 0.717) is 26.1 Å². The van der Waals surface area contributed by atoms with Crippen LogP contribution in [0.1, 0.15) is 11.1 Å². The molecule has 2 N–H and O–H groups in total. The van der Waals surface area contributed by atoms with Gasteiger partial charge in [-0.2, -0.15) is 10.3 Å². The van der Waals surface area contributed by atoms with E-state index in [9.17, 15) is 5.26 Å². The van der Waals surface area contributed by atoms with E-state index in [0.717, 1.165) is 32.2 Å². The van der Waals surface area contributed by atoms with Crippen LogP contribution in [-0.4, -0.2) is 28.8 Å². The van der Waals surface area contributed by atoms with Gasteiger partial charge in [0.15, 0.2) is 0 Å². The van der Waals surface area contributed by atoms with E-state index < -0.39 is 0 Å². The average molecular weight is 422 g/mol. The first-order valence-electron chi connectivity index (χ1n) is 8.67. The zero-order valence-electron chi connectivity index (χ0n) is 14.8. The summed E-state index contributed by atoms with van der Waals surface area (Å²) in [5, 5.41) is 11.4. The number of nitrogens with two attached hydrogens (primary N) is 1. The normalized spacial score (nSPS) is 11.4. The fraction of sp³-hybridized carbons (Fsp3) is 0.190.